The van der Waals surface area contributed by atoms with Crippen molar-refractivity contribution in [3.05, 3.63) is 29.8 Å². The molecule has 0 unspecified atom stereocenters. The lowest BCUT2D eigenvalue weighted by molar-refractivity contribution is 0.249. The smallest absolute Gasteiger partial charge is 0.332 e. The lowest BCUT2D eigenvalue weighted by Gasteiger charge is -2.06. The number of unbranched alkanes of at least 4 members (excludes halogenated alkanes) is 3. The van der Waals surface area contributed by atoms with E-state index in [-0.39, 0.29) is 0 Å². The van der Waals surface area contributed by atoms with E-state index in [1.165, 1.54) is 6.21 Å². The quantitative estimate of drug-likeness (QED) is 0.431. The molecule has 6 nitrogen and oxygen atoms in total. The Morgan fingerprint density at radius 2 is 2.30 bits per heavy atom. The van der Waals surface area contributed by atoms with Gasteiger partial charge in [0.1, 0.15) is 5.75 Å². The van der Waals surface area contributed by atoms with E-state index in [0.29, 0.717) is 13.0 Å². The van der Waals surface area contributed by atoms with Gasteiger partial charge in [0.15, 0.2) is 0 Å². The number of amides is 2. The van der Waals surface area contributed by atoms with Gasteiger partial charge in [-0.15, -0.1) is 0 Å². The largest absolute Gasteiger partial charge is 0.494 e. The molecule has 0 spiro atoms. The summed E-state index contributed by atoms with van der Waals surface area (Å²) >= 11 is 0. The van der Waals surface area contributed by atoms with E-state index in [1.54, 1.807) is 0 Å². The van der Waals surface area contributed by atoms with Crippen LogP contribution in [0.1, 0.15) is 31.2 Å². The van der Waals surface area contributed by atoms with Gasteiger partial charge in [0.25, 0.3) is 0 Å². The summed E-state index contributed by atoms with van der Waals surface area (Å²) < 4.78 is 5.60. The van der Waals surface area contributed by atoms with Crippen LogP contribution in [-0.4, -0.2) is 18.9 Å². The van der Waals surface area contributed by atoms with Gasteiger partial charge >= 0.3 is 6.03 Å². The summed E-state index contributed by atoms with van der Waals surface area (Å²) in [5.74, 6) is 0.744. The summed E-state index contributed by atoms with van der Waals surface area (Å²) in [6.45, 7) is 0.617. The average molecular weight is 274 g/mol. The van der Waals surface area contributed by atoms with Gasteiger partial charge in [0.2, 0.25) is 0 Å². The number of carbonyl (C=O) groups is 1. The van der Waals surface area contributed by atoms with Crippen LogP contribution in [0, 0.1) is 11.3 Å². The lowest BCUT2D eigenvalue weighted by Crippen LogP contribution is -2.24. The minimum Gasteiger partial charge on any atom is -0.494 e. The minimum atomic E-state index is -0.703. The first-order chi connectivity index (χ1) is 9.72. The molecule has 2 amide bonds. The van der Waals surface area contributed by atoms with Crippen LogP contribution in [-0.2, 0) is 0 Å². The Kier molecular flexibility index (Phi) is 7.28. The number of rotatable bonds is 8. The van der Waals surface area contributed by atoms with Gasteiger partial charge in [0, 0.05) is 6.42 Å². The van der Waals surface area contributed by atoms with Crippen molar-refractivity contribution in [1.82, 2.24) is 5.43 Å². The third kappa shape index (κ3) is 7.01. The van der Waals surface area contributed by atoms with E-state index in [0.717, 1.165) is 30.6 Å². The maximum atomic E-state index is 10.5. The number of urea groups is 1. The summed E-state index contributed by atoms with van der Waals surface area (Å²) in [5.41, 5.74) is 7.83. The predicted molar refractivity (Wildman–Crippen MR) is 76.3 cm³/mol. The number of ether oxygens (including phenoxy) is 1. The van der Waals surface area contributed by atoms with E-state index in [4.69, 9.17) is 15.7 Å². The normalized spacial score (nSPS) is 10.2. The zero-order chi connectivity index (χ0) is 14.6. The van der Waals surface area contributed by atoms with Gasteiger partial charge in [-0.25, -0.2) is 10.2 Å². The van der Waals surface area contributed by atoms with E-state index in [1.807, 2.05) is 24.3 Å². The topological polar surface area (TPSA) is 100 Å². The molecule has 0 aliphatic carbocycles. The zero-order valence-electron chi connectivity index (χ0n) is 11.2. The third-order valence-electron chi connectivity index (χ3n) is 2.45. The van der Waals surface area contributed by atoms with Crippen LogP contribution in [0.5, 0.6) is 5.75 Å². The van der Waals surface area contributed by atoms with Crippen molar-refractivity contribution < 1.29 is 9.53 Å². The second-order valence-electron chi connectivity index (χ2n) is 4.12. The number of nitriles is 1. The summed E-state index contributed by atoms with van der Waals surface area (Å²) in [6, 6.07) is 8.77. The van der Waals surface area contributed by atoms with Crippen molar-refractivity contribution in [3.63, 3.8) is 0 Å². The second-order valence-corrected chi connectivity index (χ2v) is 4.12. The predicted octanol–water partition coefficient (Wildman–Crippen LogP) is 2.15. The van der Waals surface area contributed by atoms with Gasteiger partial charge in [0.05, 0.1) is 18.9 Å². The van der Waals surface area contributed by atoms with Crippen LogP contribution in [0.2, 0.25) is 0 Å². The van der Waals surface area contributed by atoms with E-state index in [9.17, 15) is 4.79 Å². The highest BCUT2D eigenvalue weighted by Gasteiger charge is 1.96. The molecule has 0 saturated heterocycles. The van der Waals surface area contributed by atoms with Crippen LogP contribution in [0.4, 0.5) is 4.79 Å². The number of nitrogens with one attached hydrogen (secondary N) is 1. The number of primary amides is 1. The van der Waals surface area contributed by atoms with Crippen molar-refractivity contribution in [1.29, 1.82) is 5.26 Å². The van der Waals surface area contributed by atoms with Gasteiger partial charge in [-0.05, 0) is 37.0 Å². The molecule has 0 aliphatic rings. The molecule has 0 aromatic heterocycles. The number of benzene rings is 1. The summed E-state index contributed by atoms with van der Waals surface area (Å²) in [4.78, 5) is 10.5. The zero-order valence-corrected chi connectivity index (χ0v) is 11.2. The van der Waals surface area contributed by atoms with Crippen molar-refractivity contribution in [3.8, 4) is 11.8 Å². The molecule has 20 heavy (non-hydrogen) atoms. The first kappa shape index (κ1) is 15.5. The highest BCUT2D eigenvalue weighted by molar-refractivity contribution is 5.81. The van der Waals surface area contributed by atoms with Gasteiger partial charge in [-0.3, -0.25) is 0 Å². The number of carbonyl (C=O) groups excluding carboxylic acids is 1. The molecular weight excluding hydrogens is 256 g/mol. The van der Waals surface area contributed by atoms with Gasteiger partial charge in [-0.1, -0.05) is 12.1 Å². The lowest BCUT2D eigenvalue weighted by atomic mass is 10.2. The molecule has 0 fully saturated rings. The Balaban J connectivity index is 2.34. The van der Waals surface area contributed by atoms with E-state index in [2.05, 4.69) is 16.6 Å². The number of hydrogen-bond donors (Lipinski definition) is 2. The maximum absolute atomic E-state index is 10.5. The SMILES string of the molecule is N#CCCCCCOc1cccc(C=NNC(N)=O)c1. The molecule has 3 N–H and O–H groups in total. The Hall–Kier alpha value is -2.55. The molecule has 1 aromatic rings. The first-order valence-corrected chi connectivity index (χ1v) is 6.40. The van der Waals surface area contributed by atoms with Crippen molar-refractivity contribution in [2.24, 2.45) is 10.8 Å². The molecule has 0 radical (unpaired) electrons. The Labute approximate surface area is 118 Å². The van der Waals surface area contributed by atoms with Gasteiger partial charge < -0.3 is 10.5 Å². The van der Waals surface area contributed by atoms with Crippen LogP contribution < -0.4 is 15.9 Å². The number of nitrogens with two attached hydrogens (primary N) is 1. The van der Waals surface area contributed by atoms with Crippen LogP contribution >= 0.6 is 0 Å². The van der Waals surface area contributed by atoms with Crippen molar-refractivity contribution >= 4 is 12.2 Å². The molecule has 0 bridgehead atoms. The maximum Gasteiger partial charge on any atom is 0.332 e. The van der Waals surface area contributed by atoms with Crippen molar-refractivity contribution in [2.45, 2.75) is 25.7 Å². The molecule has 0 saturated carbocycles. The average Bonchev–Trinajstić information content (AvgIpc) is 2.43. The highest BCUT2D eigenvalue weighted by atomic mass is 16.5. The second kappa shape index (κ2) is 9.39. The van der Waals surface area contributed by atoms with Crippen LogP contribution in [0.15, 0.2) is 29.4 Å². The van der Waals surface area contributed by atoms with E-state index < -0.39 is 6.03 Å². The molecule has 1 aromatic carbocycles. The number of nitrogens with zero attached hydrogens (tertiary/aromatic N) is 2. The fourth-order valence-electron chi connectivity index (χ4n) is 1.53. The molecule has 0 heterocycles. The first-order valence-electron chi connectivity index (χ1n) is 6.40. The Morgan fingerprint density at radius 1 is 1.45 bits per heavy atom. The molecule has 106 valence electrons. The fraction of sp³-hybridized carbons (Fsp3) is 0.357. The summed E-state index contributed by atoms with van der Waals surface area (Å²) in [5, 5.41) is 12.1. The molecule has 1 rings (SSSR count). The standard InChI is InChI=1S/C14H18N4O2/c15-8-3-1-2-4-9-20-13-7-5-6-12(10-13)11-17-18-14(16)19/h5-7,10-11H,1-4,9H2,(H3,16,18,19). The fourth-order valence-corrected chi connectivity index (χ4v) is 1.53. The summed E-state index contributed by atoms with van der Waals surface area (Å²) in [7, 11) is 0. The molecular formula is C14H18N4O2. The minimum absolute atomic E-state index is 0.596. The summed E-state index contributed by atoms with van der Waals surface area (Å²) in [6.07, 6.45) is 4.90. The third-order valence-corrected chi connectivity index (χ3v) is 2.45. The number of hydrogen-bond acceptors (Lipinski definition) is 4. The Morgan fingerprint density at radius 3 is 3.05 bits per heavy atom. The van der Waals surface area contributed by atoms with Crippen LogP contribution in [0.25, 0.3) is 0 Å². The molecule has 0 atom stereocenters. The molecule has 0 aliphatic heterocycles. The highest BCUT2D eigenvalue weighted by Crippen LogP contribution is 2.12. The molecule has 6 heteroatoms. The van der Waals surface area contributed by atoms with Gasteiger partial charge in [-0.2, -0.15) is 10.4 Å². The van der Waals surface area contributed by atoms with Crippen LogP contribution in [0.3, 0.4) is 0 Å². The van der Waals surface area contributed by atoms with Crippen molar-refractivity contribution in [2.75, 3.05) is 6.61 Å². The monoisotopic (exact) mass is 274 g/mol. The van der Waals surface area contributed by atoms with E-state index >= 15 is 0 Å². The Bertz CT molecular complexity index is 494. The number of hydrazone groups is 1.